The summed E-state index contributed by atoms with van der Waals surface area (Å²) in [6.45, 7) is 1.96. The van der Waals surface area contributed by atoms with Crippen LogP contribution in [0.1, 0.15) is 5.69 Å². The predicted molar refractivity (Wildman–Crippen MR) is 74.0 cm³/mol. The first-order chi connectivity index (χ1) is 9.26. The monoisotopic (exact) mass is 254 g/mol. The van der Waals surface area contributed by atoms with Gasteiger partial charge in [0.25, 0.3) is 0 Å². The van der Waals surface area contributed by atoms with Crippen LogP contribution in [-0.2, 0) is 0 Å². The first kappa shape index (κ1) is 11.5. The van der Waals surface area contributed by atoms with Crippen molar-refractivity contribution in [3.8, 4) is 5.75 Å². The van der Waals surface area contributed by atoms with Crippen LogP contribution in [0.5, 0.6) is 5.75 Å². The van der Waals surface area contributed by atoms with Gasteiger partial charge in [-0.3, -0.25) is 0 Å². The fraction of sp³-hybridized carbons (Fsp3) is 0.143. The standard InChI is InChI=1S/C14H14N4O/c1-10-8-14(18-13(16-10)6-7-15-18)17-11-4-3-5-12(9-11)19-2/h3-9,17H,1-2H3. The SMILES string of the molecule is COc1cccc(Nc2cc(C)nc3ccnn23)c1. The van der Waals surface area contributed by atoms with Crippen LogP contribution in [0.25, 0.3) is 5.65 Å². The fourth-order valence-corrected chi connectivity index (χ4v) is 1.98. The number of rotatable bonds is 3. The van der Waals surface area contributed by atoms with Gasteiger partial charge in [-0.15, -0.1) is 0 Å². The van der Waals surface area contributed by atoms with Crippen molar-refractivity contribution in [1.29, 1.82) is 0 Å². The largest absolute Gasteiger partial charge is 0.497 e. The van der Waals surface area contributed by atoms with Crippen LogP contribution in [0.2, 0.25) is 0 Å². The number of aromatic nitrogens is 3. The molecule has 0 amide bonds. The van der Waals surface area contributed by atoms with E-state index in [1.807, 2.05) is 43.3 Å². The number of nitrogens with zero attached hydrogens (tertiary/aromatic N) is 3. The number of methoxy groups -OCH3 is 1. The Hall–Kier alpha value is -2.56. The van der Waals surface area contributed by atoms with Crippen LogP contribution < -0.4 is 10.1 Å². The molecule has 96 valence electrons. The third-order valence-electron chi connectivity index (χ3n) is 2.83. The zero-order chi connectivity index (χ0) is 13.2. The van der Waals surface area contributed by atoms with Crippen LogP contribution in [-0.4, -0.2) is 21.7 Å². The summed E-state index contributed by atoms with van der Waals surface area (Å²) < 4.78 is 6.98. The highest BCUT2D eigenvalue weighted by Crippen LogP contribution is 2.21. The molecule has 0 radical (unpaired) electrons. The van der Waals surface area contributed by atoms with Gasteiger partial charge in [-0.05, 0) is 19.1 Å². The Balaban J connectivity index is 2.02. The molecule has 0 saturated carbocycles. The second kappa shape index (κ2) is 4.61. The minimum Gasteiger partial charge on any atom is -0.497 e. The van der Waals surface area contributed by atoms with E-state index in [0.717, 1.165) is 28.6 Å². The molecule has 2 heterocycles. The Morgan fingerprint density at radius 2 is 2.11 bits per heavy atom. The summed E-state index contributed by atoms with van der Waals surface area (Å²) in [5, 5.41) is 7.59. The lowest BCUT2D eigenvalue weighted by atomic mass is 10.3. The first-order valence-corrected chi connectivity index (χ1v) is 5.99. The summed E-state index contributed by atoms with van der Waals surface area (Å²) in [5.74, 6) is 1.69. The minimum absolute atomic E-state index is 0.812. The van der Waals surface area contributed by atoms with E-state index >= 15 is 0 Å². The summed E-state index contributed by atoms with van der Waals surface area (Å²) in [4.78, 5) is 4.41. The Morgan fingerprint density at radius 3 is 2.95 bits per heavy atom. The average molecular weight is 254 g/mol. The molecule has 1 N–H and O–H groups in total. The lowest BCUT2D eigenvalue weighted by Crippen LogP contribution is -2.02. The molecule has 5 nitrogen and oxygen atoms in total. The second-order valence-corrected chi connectivity index (χ2v) is 4.24. The quantitative estimate of drug-likeness (QED) is 0.780. The smallest absolute Gasteiger partial charge is 0.157 e. The van der Waals surface area contributed by atoms with Crippen molar-refractivity contribution in [1.82, 2.24) is 14.6 Å². The van der Waals surface area contributed by atoms with Gasteiger partial charge in [0.15, 0.2) is 5.65 Å². The van der Waals surface area contributed by atoms with E-state index in [1.165, 1.54) is 0 Å². The van der Waals surface area contributed by atoms with Crippen LogP contribution in [0.4, 0.5) is 11.5 Å². The van der Waals surface area contributed by atoms with E-state index < -0.39 is 0 Å². The Kier molecular flexibility index (Phi) is 2.79. The number of benzene rings is 1. The molecule has 5 heteroatoms. The van der Waals surface area contributed by atoms with Crippen molar-refractivity contribution in [2.24, 2.45) is 0 Å². The molecule has 3 aromatic rings. The third-order valence-corrected chi connectivity index (χ3v) is 2.83. The van der Waals surface area contributed by atoms with Crippen molar-refractivity contribution < 1.29 is 4.74 Å². The molecular weight excluding hydrogens is 240 g/mol. The molecule has 0 fully saturated rings. The van der Waals surface area contributed by atoms with E-state index in [9.17, 15) is 0 Å². The Morgan fingerprint density at radius 1 is 1.21 bits per heavy atom. The fourth-order valence-electron chi connectivity index (χ4n) is 1.98. The van der Waals surface area contributed by atoms with Crippen LogP contribution in [0, 0.1) is 6.92 Å². The highest BCUT2D eigenvalue weighted by atomic mass is 16.5. The van der Waals surface area contributed by atoms with Gasteiger partial charge in [-0.2, -0.15) is 9.61 Å². The van der Waals surface area contributed by atoms with Gasteiger partial charge in [0, 0.05) is 29.6 Å². The van der Waals surface area contributed by atoms with Crippen molar-refractivity contribution >= 4 is 17.2 Å². The van der Waals surface area contributed by atoms with E-state index in [4.69, 9.17) is 4.74 Å². The van der Waals surface area contributed by atoms with Crippen molar-refractivity contribution in [3.63, 3.8) is 0 Å². The molecule has 0 aliphatic heterocycles. The second-order valence-electron chi connectivity index (χ2n) is 4.24. The molecule has 0 saturated heterocycles. The van der Waals surface area contributed by atoms with Crippen molar-refractivity contribution in [3.05, 3.63) is 48.3 Å². The van der Waals surface area contributed by atoms with E-state index in [0.29, 0.717) is 0 Å². The number of fused-ring (bicyclic) bond motifs is 1. The molecule has 0 aliphatic rings. The molecule has 2 aromatic heterocycles. The lowest BCUT2D eigenvalue weighted by molar-refractivity contribution is 0.415. The zero-order valence-corrected chi connectivity index (χ0v) is 10.8. The van der Waals surface area contributed by atoms with Crippen LogP contribution in [0.3, 0.4) is 0 Å². The van der Waals surface area contributed by atoms with Crippen molar-refractivity contribution in [2.75, 3.05) is 12.4 Å². The van der Waals surface area contributed by atoms with Gasteiger partial charge in [0.2, 0.25) is 0 Å². The highest BCUT2D eigenvalue weighted by Gasteiger charge is 2.05. The molecule has 3 rings (SSSR count). The molecule has 0 aliphatic carbocycles. The van der Waals surface area contributed by atoms with Gasteiger partial charge in [-0.25, -0.2) is 4.98 Å². The van der Waals surface area contributed by atoms with E-state index in [2.05, 4.69) is 15.4 Å². The van der Waals surface area contributed by atoms with Crippen LogP contribution in [0.15, 0.2) is 42.6 Å². The van der Waals surface area contributed by atoms with E-state index in [-0.39, 0.29) is 0 Å². The maximum atomic E-state index is 5.21. The topological polar surface area (TPSA) is 51.5 Å². The number of anilines is 2. The summed E-state index contributed by atoms with van der Waals surface area (Å²) in [5.41, 5.74) is 2.71. The number of hydrogen-bond acceptors (Lipinski definition) is 4. The highest BCUT2D eigenvalue weighted by molar-refractivity contribution is 5.61. The predicted octanol–water partition coefficient (Wildman–Crippen LogP) is 2.79. The van der Waals surface area contributed by atoms with Gasteiger partial charge >= 0.3 is 0 Å². The first-order valence-electron chi connectivity index (χ1n) is 5.99. The molecule has 0 atom stereocenters. The van der Waals surface area contributed by atoms with Crippen LogP contribution >= 0.6 is 0 Å². The van der Waals surface area contributed by atoms with Gasteiger partial charge in [-0.1, -0.05) is 6.07 Å². The Bertz CT molecular complexity index is 720. The molecule has 1 aromatic carbocycles. The van der Waals surface area contributed by atoms with Gasteiger partial charge in [0.05, 0.1) is 13.3 Å². The van der Waals surface area contributed by atoms with Crippen molar-refractivity contribution in [2.45, 2.75) is 6.92 Å². The summed E-state index contributed by atoms with van der Waals surface area (Å²) in [6.07, 6.45) is 1.73. The molecule has 0 unspecified atom stereocenters. The molecule has 0 bridgehead atoms. The minimum atomic E-state index is 0.812. The Labute approximate surface area is 110 Å². The third kappa shape index (κ3) is 2.22. The number of aryl methyl sites for hydroxylation is 1. The molecule has 0 spiro atoms. The average Bonchev–Trinajstić information content (AvgIpc) is 2.87. The normalized spacial score (nSPS) is 10.6. The lowest BCUT2D eigenvalue weighted by Gasteiger charge is -2.10. The molecule has 19 heavy (non-hydrogen) atoms. The van der Waals surface area contributed by atoms with E-state index in [1.54, 1.807) is 17.8 Å². The number of hydrogen-bond donors (Lipinski definition) is 1. The maximum Gasteiger partial charge on any atom is 0.157 e. The number of ether oxygens (including phenoxy) is 1. The summed E-state index contributed by atoms with van der Waals surface area (Å²) in [7, 11) is 1.65. The maximum absolute atomic E-state index is 5.21. The van der Waals surface area contributed by atoms with Gasteiger partial charge < -0.3 is 10.1 Å². The summed E-state index contributed by atoms with van der Waals surface area (Å²) >= 11 is 0. The summed E-state index contributed by atoms with van der Waals surface area (Å²) in [6, 6.07) is 11.6. The van der Waals surface area contributed by atoms with Gasteiger partial charge in [0.1, 0.15) is 11.6 Å². The zero-order valence-electron chi connectivity index (χ0n) is 10.8. The number of nitrogens with one attached hydrogen (secondary N) is 1. The molecular formula is C14H14N4O.